The van der Waals surface area contributed by atoms with Crippen LogP contribution in [0.1, 0.15) is 41.2 Å². The number of rotatable bonds is 6. The molecule has 1 aromatic heterocycles. The van der Waals surface area contributed by atoms with Crippen molar-refractivity contribution in [2.75, 3.05) is 11.4 Å². The Kier molecular flexibility index (Phi) is 6.27. The second kappa shape index (κ2) is 8.22. The summed E-state index contributed by atoms with van der Waals surface area (Å²) in [5, 5.41) is 0. The molecule has 1 atom stereocenters. The molecule has 1 aromatic carbocycles. The Balaban J connectivity index is 2.76. The first-order valence-corrected chi connectivity index (χ1v) is 9.03. The van der Waals surface area contributed by atoms with Gasteiger partial charge in [-0.3, -0.25) is 13.5 Å². The number of benzene rings is 1. The zero-order valence-corrected chi connectivity index (χ0v) is 15.6. The third kappa shape index (κ3) is 4.05. The fourth-order valence-electron chi connectivity index (χ4n) is 2.55. The predicted octanol–water partition coefficient (Wildman–Crippen LogP) is 3.23. The zero-order chi connectivity index (χ0) is 18.6. The molecule has 0 bridgehead atoms. The first kappa shape index (κ1) is 19.1. The number of aromatic nitrogens is 1. The van der Waals surface area contributed by atoms with Gasteiger partial charge in [0.15, 0.2) is 0 Å². The predicted molar refractivity (Wildman–Crippen MR) is 96.6 cm³/mol. The summed E-state index contributed by atoms with van der Waals surface area (Å²) in [5.41, 5.74) is 3.11. The number of esters is 1. The summed E-state index contributed by atoms with van der Waals surface area (Å²) in [7, 11) is 1.27. The quantitative estimate of drug-likeness (QED) is 0.583. The number of pyridine rings is 1. The van der Waals surface area contributed by atoms with E-state index >= 15 is 0 Å². The van der Waals surface area contributed by atoms with Gasteiger partial charge in [0.2, 0.25) is 0 Å². The van der Waals surface area contributed by atoms with E-state index in [0.717, 1.165) is 9.87 Å². The Bertz CT molecular complexity index is 790. The van der Waals surface area contributed by atoms with Crippen molar-refractivity contribution >= 4 is 28.6 Å². The van der Waals surface area contributed by atoms with Gasteiger partial charge < -0.3 is 9.29 Å². The van der Waals surface area contributed by atoms with Gasteiger partial charge in [-0.05, 0) is 38.0 Å². The second-order valence-electron chi connectivity index (χ2n) is 5.50. The highest BCUT2D eigenvalue weighted by atomic mass is 32.2. The largest absolute Gasteiger partial charge is 0.755 e. The van der Waals surface area contributed by atoms with Crippen LogP contribution in [0.15, 0.2) is 30.3 Å². The molecule has 25 heavy (non-hydrogen) atoms. The van der Waals surface area contributed by atoms with E-state index in [1.165, 1.54) is 7.11 Å². The van der Waals surface area contributed by atoms with Crippen molar-refractivity contribution in [3.8, 4) is 0 Å². The summed E-state index contributed by atoms with van der Waals surface area (Å²) in [6.45, 7) is 5.70. The second-order valence-corrected chi connectivity index (χ2v) is 6.30. The highest BCUT2D eigenvalue weighted by molar-refractivity contribution is 7.81. The molecule has 0 radical (unpaired) electrons. The van der Waals surface area contributed by atoms with Crippen molar-refractivity contribution in [1.82, 2.24) is 4.98 Å². The Morgan fingerprint density at radius 2 is 1.88 bits per heavy atom. The lowest BCUT2D eigenvalue weighted by Gasteiger charge is -2.29. The van der Waals surface area contributed by atoms with E-state index in [0.29, 0.717) is 29.9 Å². The molecule has 0 saturated carbocycles. The number of carbonyl (C=O) groups is 1. The molecular formula is C18H21N2O4S-. The maximum Gasteiger partial charge on any atom is 0.341 e. The number of aryl methyl sites for hydroxylation is 3. The Morgan fingerprint density at radius 1 is 1.24 bits per heavy atom. The van der Waals surface area contributed by atoms with E-state index in [1.54, 1.807) is 18.2 Å². The molecule has 0 amide bonds. The summed E-state index contributed by atoms with van der Waals surface area (Å²) < 4.78 is 30.0. The van der Waals surface area contributed by atoms with Gasteiger partial charge in [0.05, 0.1) is 35.4 Å². The fourth-order valence-corrected chi connectivity index (χ4v) is 3.14. The van der Waals surface area contributed by atoms with Crippen LogP contribution in [0.4, 0.5) is 11.4 Å². The van der Waals surface area contributed by atoms with E-state index in [2.05, 4.69) is 4.98 Å². The van der Waals surface area contributed by atoms with Crippen LogP contribution in [0, 0.1) is 6.92 Å². The first-order chi connectivity index (χ1) is 11.9. The Hall–Kier alpha value is -2.25. The van der Waals surface area contributed by atoms with E-state index in [9.17, 15) is 13.6 Å². The number of methoxy groups -OCH3 is 1. The molecule has 0 spiro atoms. The van der Waals surface area contributed by atoms with Crippen molar-refractivity contribution < 1.29 is 18.3 Å². The van der Waals surface area contributed by atoms with Crippen molar-refractivity contribution in [1.29, 1.82) is 0 Å². The summed E-state index contributed by atoms with van der Waals surface area (Å²) in [6.07, 6.45) is 1.10. The van der Waals surface area contributed by atoms with Crippen LogP contribution >= 0.6 is 0 Å². The molecule has 0 aliphatic heterocycles. The normalized spacial score (nSPS) is 11.9. The van der Waals surface area contributed by atoms with Crippen LogP contribution in [0.3, 0.4) is 0 Å². The van der Waals surface area contributed by atoms with Crippen LogP contribution < -0.4 is 4.31 Å². The molecule has 2 rings (SSSR count). The molecule has 1 heterocycles. The minimum absolute atomic E-state index is 0.173. The number of nitrogens with zero attached hydrogens (tertiary/aromatic N) is 2. The van der Waals surface area contributed by atoms with E-state index < -0.39 is 17.2 Å². The van der Waals surface area contributed by atoms with Crippen LogP contribution in [-0.2, 0) is 28.8 Å². The minimum Gasteiger partial charge on any atom is -0.755 e. The lowest BCUT2D eigenvalue weighted by molar-refractivity contribution is 0.0600. The zero-order valence-electron chi connectivity index (χ0n) is 14.7. The van der Waals surface area contributed by atoms with Gasteiger partial charge >= 0.3 is 5.97 Å². The molecule has 0 N–H and O–H groups in total. The number of hydrogen-bond donors (Lipinski definition) is 0. The Labute approximate surface area is 150 Å². The third-order valence-corrected chi connectivity index (χ3v) is 4.56. The Morgan fingerprint density at radius 3 is 2.36 bits per heavy atom. The van der Waals surface area contributed by atoms with Crippen molar-refractivity contribution in [3.63, 3.8) is 0 Å². The van der Waals surface area contributed by atoms with E-state index in [4.69, 9.17) is 4.74 Å². The monoisotopic (exact) mass is 361 g/mol. The average molecular weight is 361 g/mol. The molecule has 0 aliphatic rings. The topological polar surface area (TPSA) is 82.6 Å². The van der Waals surface area contributed by atoms with Crippen LogP contribution in [0.25, 0.3) is 0 Å². The molecule has 2 aromatic rings. The summed E-state index contributed by atoms with van der Waals surface area (Å²) in [6, 6.07) is 8.65. The van der Waals surface area contributed by atoms with Gasteiger partial charge in [0.1, 0.15) is 5.56 Å². The van der Waals surface area contributed by atoms with E-state index in [1.807, 2.05) is 32.9 Å². The molecule has 0 fully saturated rings. The van der Waals surface area contributed by atoms with Gasteiger partial charge in [0, 0.05) is 5.69 Å². The summed E-state index contributed by atoms with van der Waals surface area (Å²) >= 11 is -2.61. The van der Waals surface area contributed by atoms with Crippen LogP contribution in [0.5, 0.6) is 0 Å². The van der Waals surface area contributed by atoms with Gasteiger partial charge in [-0.25, -0.2) is 4.79 Å². The van der Waals surface area contributed by atoms with Gasteiger partial charge in [-0.1, -0.05) is 31.5 Å². The van der Waals surface area contributed by atoms with E-state index in [-0.39, 0.29) is 11.3 Å². The maximum atomic E-state index is 12.3. The molecule has 1 unspecified atom stereocenters. The van der Waals surface area contributed by atoms with Gasteiger partial charge in [-0.2, -0.15) is 0 Å². The number of ether oxygens (including phenoxy) is 1. The maximum absolute atomic E-state index is 12.3. The standard InChI is InChI=1S/C18H22N2O4S/c1-5-13-11-16(17(18(21)24-4)15(6-2)19-13)20(25(22)23)14-9-7-12(3)8-10-14/h7-11H,5-6H2,1-4H3,(H,22,23)/p-1. The molecular weight excluding hydrogens is 340 g/mol. The number of carbonyl (C=O) groups excluding carboxylic acids is 1. The SMILES string of the molecule is CCc1cc(N(c2ccc(C)cc2)S(=O)[O-])c(C(=O)OC)c(CC)n1. The average Bonchev–Trinajstić information content (AvgIpc) is 2.61. The number of anilines is 2. The smallest absolute Gasteiger partial charge is 0.341 e. The highest BCUT2D eigenvalue weighted by Gasteiger charge is 2.24. The molecule has 7 heteroatoms. The third-order valence-electron chi connectivity index (χ3n) is 3.85. The van der Waals surface area contributed by atoms with Crippen LogP contribution in [-0.4, -0.2) is 26.8 Å². The van der Waals surface area contributed by atoms with Crippen LogP contribution in [0.2, 0.25) is 0 Å². The molecule has 134 valence electrons. The fraction of sp³-hybridized carbons (Fsp3) is 0.333. The summed E-state index contributed by atoms with van der Waals surface area (Å²) in [5.74, 6) is -0.607. The van der Waals surface area contributed by atoms with Gasteiger partial charge in [-0.15, -0.1) is 0 Å². The first-order valence-electron chi connectivity index (χ1n) is 8.00. The lowest BCUT2D eigenvalue weighted by atomic mass is 10.1. The van der Waals surface area contributed by atoms with Gasteiger partial charge in [0.25, 0.3) is 0 Å². The summed E-state index contributed by atoms with van der Waals surface area (Å²) in [4.78, 5) is 16.8. The lowest BCUT2D eigenvalue weighted by Crippen LogP contribution is -2.24. The van der Waals surface area contributed by atoms with Crippen molar-refractivity contribution in [2.45, 2.75) is 33.6 Å². The van der Waals surface area contributed by atoms with Crippen molar-refractivity contribution in [3.05, 3.63) is 52.8 Å². The van der Waals surface area contributed by atoms with Crippen molar-refractivity contribution in [2.24, 2.45) is 0 Å². The number of hydrogen-bond acceptors (Lipinski definition) is 5. The minimum atomic E-state index is -2.61. The molecule has 6 nitrogen and oxygen atoms in total. The molecule has 0 saturated heterocycles. The molecule has 0 aliphatic carbocycles. The highest BCUT2D eigenvalue weighted by Crippen LogP contribution is 2.33.